The molecule has 3 heteroatoms. The molecule has 1 N–H and O–H groups in total. The van der Waals surface area contributed by atoms with Crippen LogP contribution >= 0.6 is 0 Å². The van der Waals surface area contributed by atoms with Crippen LogP contribution in [0.3, 0.4) is 0 Å². The Morgan fingerprint density at radius 2 is 1.82 bits per heavy atom. The molecule has 0 unspecified atom stereocenters. The minimum atomic E-state index is 0.262. The molecule has 0 aromatic heterocycles. The molecule has 0 bridgehead atoms. The number of rotatable bonds is 6. The molecule has 0 atom stereocenters. The van der Waals surface area contributed by atoms with Crippen molar-refractivity contribution in [2.45, 2.75) is 51.9 Å². The highest BCUT2D eigenvalue weighted by atomic mass is 16.2. The molecule has 100 valence electrons. The Hall–Kier alpha value is -0.570. The van der Waals surface area contributed by atoms with Crippen LogP contribution in [0.15, 0.2) is 0 Å². The predicted octanol–water partition coefficient (Wildman–Crippen LogP) is 2.43. The summed E-state index contributed by atoms with van der Waals surface area (Å²) in [6, 6.07) is 0. The zero-order valence-corrected chi connectivity index (χ0v) is 11.3. The van der Waals surface area contributed by atoms with Crippen LogP contribution in [0, 0.1) is 11.8 Å². The van der Waals surface area contributed by atoms with E-state index in [9.17, 15) is 4.79 Å². The van der Waals surface area contributed by atoms with Crippen LogP contribution in [0.1, 0.15) is 51.9 Å². The first-order valence-electron chi connectivity index (χ1n) is 7.01. The van der Waals surface area contributed by atoms with Crippen LogP contribution in [-0.2, 0) is 4.79 Å². The highest BCUT2D eigenvalue weighted by molar-refractivity contribution is 5.78. The van der Waals surface area contributed by atoms with Gasteiger partial charge in [0.25, 0.3) is 0 Å². The van der Waals surface area contributed by atoms with Gasteiger partial charge in [-0.2, -0.15) is 0 Å². The Morgan fingerprint density at radius 3 is 2.41 bits per heavy atom. The van der Waals surface area contributed by atoms with Gasteiger partial charge in [0.05, 0.1) is 0 Å². The number of carbonyl (C=O) groups excluding carboxylic acids is 1. The molecule has 0 aromatic rings. The van der Waals surface area contributed by atoms with Crippen LogP contribution < -0.4 is 0 Å². The number of nitrogens with zero attached hydrogens (tertiary/aromatic N) is 1. The van der Waals surface area contributed by atoms with Gasteiger partial charge in [-0.1, -0.05) is 6.92 Å². The summed E-state index contributed by atoms with van der Waals surface area (Å²) < 4.78 is 0. The van der Waals surface area contributed by atoms with Crippen LogP contribution in [0.2, 0.25) is 0 Å². The van der Waals surface area contributed by atoms with Gasteiger partial charge in [-0.3, -0.25) is 4.79 Å². The summed E-state index contributed by atoms with van der Waals surface area (Å²) in [4.78, 5) is 14.0. The van der Waals surface area contributed by atoms with E-state index in [1.54, 1.807) is 0 Å². The molecule has 1 saturated carbocycles. The minimum absolute atomic E-state index is 0.262. The lowest BCUT2D eigenvalue weighted by atomic mass is 9.82. The van der Waals surface area contributed by atoms with Crippen molar-refractivity contribution in [2.24, 2.45) is 11.8 Å². The van der Waals surface area contributed by atoms with Crippen molar-refractivity contribution in [1.29, 1.82) is 0 Å². The molecule has 0 radical (unpaired) electrons. The molecule has 1 rings (SSSR count). The summed E-state index contributed by atoms with van der Waals surface area (Å²) in [6.45, 7) is 3.38. The Morgan fingerprint density at radius 1 is 1.18 bits per heavy atom. The van der Waals surface area contributed by atoms with E-state index in [0.717, 1.165) is 44.6 Å². The number of carbonyl (C=O) groups is 1. The van der Waals surface area contributed by atoms with Crippen molar-refractivity contribution >= 4 is 5.91 Å². The van der Waals surface area contributed by atoms with E-state index in [2.05, 4.69) is 6.92 Å². The first-order chi connectivity index (χ1) is 8.15. The Labute approximate surface area is 105 Å². The summed E-state index contributed by atoms with van der Waals surface area (Å²) in [7, 11) is 1.92. The smallest absolute Gasteiger partial charge is 0.225 e. The van der Waals surface area contributed by atoms with Gasteiger partial charge in [0.1, 0.15) is 0 Å². The van der Waals surface area contributed by atoms with Gasteiger partial charge in [0.2, 0.25) is 5.91 Å². The molecule has 0 aliphatic heterocycles. The van der Waals surface area contributed by atoms with Gasteiger partial charge in [0, 0.05) is 26.1 Å². The maximum Gasteiger partial charge on any atom is 0.225 e. The second kappa shape index (κ2) is 7.70. The number of aliphatic hydroxyl groups is 1. The Bertz CT molecular complexity index is 222. The topological polar surface area (TPSA) is 40.5 Å². The highest BCUT2D eigenvalue weighted by Gasteiger charge is 2.26. The third-order valence-corrected chi connectivity index (χ3v) is 3.89. The average molecular weight is 241 g/mol. The molecular formula is C14H27NO2. The third-order valence-electron chi connectivity index (χ3n) is 3.89. The van der Waals surface area contributed by atoms with Gasteiger partial charge < -0.3 is 10.0 Å². The van der Waals surface area contributed by atoms with Crippen molar-refractivity contribution in [3.8, 4) is 0 Å². The van der Waals surface area contributed by atoms with E-state index in [4.69, 9.17) is 5.11 Å². The quantitative estimate of drug-likeness (QED) is 0.726. The average Bonchev–Trinajstić information content (AvgIpc) is 2.34. The van der Waals surface area contributed by atoms with Crippen molar-refractivity contribution in [3.05, 3.63) is 0 Å². The van der Waals surface area contributed by atoms with Gasteiger partial charge >= 0.3 is 0 Å². The predicted molar refractivity (Wildman–Crippen MR) is 69.7 cm³/mol. The van der Waals surface area contributed by atoms with Gasteiger partial charge in [0.15, 0.2) is 0 Å². The normalized spacial score (nSPS) is 24.6. The minimum Gasteiger partial charge on any atom is -0.396 e. The third kappa shape index (κ3) is 5.07. The van der Waals surface area contributed by atoms with Crippen LogP contribution in [0.25, 0.3) is 0 Å². The molecule has 1 aliphatic rings. The Balaban J connectivity index is 2.21. The SMILES string of the molecule is CC1CCC(C(=O)N(C)CCCCCO)CC1. The van der Waals surface area contributed by atoms with E-state index in [0.29, 0.717) is 5.91 Å². The fourth-order valence-corrected chi connectivity index (χ4v) is 2.57. The monoisotopic (exact) mass is 241 g/mol. The lowest BCUT2D eigenvalue weighted by molar-refractivity contribution is -0.135. The van der Waals surface area contributed by atoms with Crippen LogP contribution in [-0.4, -0.2) is 36.1 Å². The summed E-state index contributed by atoms with van der Waals surface area (Å²) >= 11 is 0. The molecule has 0 saturated heterocycles. The van der Waals surface area contributed by atoms with E-state index < -0.39 is 0 Å². The van der Waals surface area contributed by atoms with Gasteiger partial charge in [-0.25, -0.2) is 0 Å². The van der Waals surface area contributed by atoms with E-state index >= 15 is 0 Å². The first-order valence-corrected chi connectivity index (χ1v) is 7.01. The van der Waals surface area contributed by atoms with E-state index in [1.807, 2.05) is 11.9 Å². The lowest BCUT2D eigenvalue weighted by Gasteiger charge is -2.29. The molecule has 0 aromatic carbocycles. The zero-order valence-electron chi connectivity index (χ0n) is 11.3. The number of hydrogen-bond donors (Lipinski definition) is 1. The summed E-state index contributed by atoms with van der Waals surface area (Å²) in [5.41, 5.74) is 0. The standard InChI is InChI=1S/C14H27NO2/c1-12-6-8-13(9-7-12)14(17)15(2)10-4-3-5-11-16/h12-13,16H,3-11H2,1-2H3. The second-order valence-electron chi connectivity index (χ2n) is 5.50. The molecule has 17 heavy (non-hydrogen) atoms. The number of aliphatic hydroxyl groups excluding tert-OH is 1. The van der Waals surface area contributed by atoms with Crippen LogP contribution in [0.5, 0.6) is 0 Å². The number of unbranched alkanes of at least 4 members (excludes halogenated alkanes) is 2. The molecule has 1 amide bonds. The van der Waals surface area contributed by atoms with Gasteiger partial charge in [-0.15, -0.1) is 0 Å². The second-order valence-corrected chi connectivity index (χ2v) is 5.50. The summed E-state index contributed by atoms with van der Waals surface area (Å²) in [5, 5.41) is 8.69. The number of amides is 1. The summed E-state index contributed by atoms with van der Waals surface area (Å²) in [6.07, 6.45) is 7.41. The maximum absolute atomic E-state index is 12.1. The van der Waals surface area contributed by atoms with E-state index in [-0.39, 0.29) is 12.5 Å². The molecule has 3 nitrogen and oxygen atoms in total. The summed E-state index contributed by atoms with van der Waals surface area (Å²) in [5.74, 6) is 1.41. The molecular weight excluding hydrogens is 214 g/mol. The van der Waals surface area contributed by atoms with Gasteiger partial charge in [-0.05, 0) is 50.9 Å². The number of hydrogen-bond acceptors (Lipinski definition) is 2. The fraction of sp³-hybridized carbons (Fsp3) is 0.929. The first kappa shape index (κ1) is 14.5. The Kier molecular flexibility index (Phi) is 6.56. The van der Waals surface area contributed by atoms with Crippen molar-refractivity contribution < 1.29 is 9.90 Å². The molecule has 1 aliphatic carbocycles. The van der Waals surface area contributed by atoms with Crippen molar-refractivity contribution in [2.75, 3.05) is 20.2 Å². The fourth-order valence-electron chi connectivity index (χ4n) is 2.57. The van der Waals surface area contributed by atoms with Crippen LogP contribution in [0.4, 0.5) is 0 Å². The van der Waals surface area contributed by atoms with Crippen molar-refractivity contribution in [1.82, 2.24) is 4.90 Å². The zero-order chi connectivity index (χ0) is 12.7. The largest absolute Gasteiger partial charge is 0.396 e. The molecule has 0 spiro atoms. The lowest BCUT2D eigenvalue weighted by Crippen LogP contribution is -2.35. The molecule has 0 heterocycles. The maximum atomic E-state index is 12.1. The molecule has 1 fully saturated rings. The highest BCUT2D eigenvalue weighted by Crippen LogP contribution is 2.29. The van der Waals surface area contributed by atoms with Crippen molar-refractivity contribution in [3.63, 3.8) is 0 Å². The van der Waals surface area contributed by atoms with E-state index in [1.165, 1.54) is 12.8 Å².